The second-order valence-corrected chi connectivity index (χ2v) is 11.6. The number of likely N-dealkylation sites (N-methyl/N-ethyl adjacent to an activating group) is 1. The zero-order valence-corrected chi connectivity index (χ0v) is 24.8. The molecule has 0 bridgehead atoms. The first kappa shape index (κ1) is 29.7. The largest absolute Gasteiger partial charge is 0.416 e. The Morgan fingerprint density at radius 3 is 2.68 bits per heavy atom. The molecule has 2 aromatic heterocycles. The van der Waals surface area contributed by atoms with Gasteiger partial charge in [0.1, 0.15) is 17.7 Å². The second-order valence-electron chi connectivity index (χ2n) is 11.2. The van der Waals surface area contributed by atoms with E-state index in [9.17, 15) is 27.6 Å². The van der Waals surface area contributed by atoms with Gasteiger partial charge in [0.25, 0.3) is 0 Å². The number of amides is 3. The Morgan fingerprint density at radius 2 is 1.95 bits per heavy atom. The number of rotatable bonds is 4. The molecular formula is C30H29ClF3N7O3. The molecule has 0 N–H and O–H groups in total. The van der Waals surface area contributed by atoms with Crippen molar-refractivity contribution in [2.45, 2.75) is 45.2 Å². The number of pyridine rings is 1. The SMILES string of the molecule is C=CC(=O)N1CCn2cc(CN3C[C@H]4CC(=O)N(c5cc(C(F)(F)F)cc(C)n5)[C@@H]4C(=O)N(C)c4cccc(Cl)c43)nc2C1. The van der Waals surface area contributed by atoms with Crippen molar-refractivity contribution in [2.24, 2.45) is 5.92 Å². The number of halogens is 4. The van der Waals surface area contributed by atoms with E-state index in [4.69, 9.17) is 16.6 Å². The van der Waals surface area contributed by atoms with E-state index in [1.54, 1.807) is 30.1 Å². The molecular weight excluding hydrogens is 599 g/mol. The van der Waals surface area contributed by atoms with Crippen LogP contribution in [0.5, 0.6) is 0 Å². The number of nitrogens with zero attached hydrogens (tertiary/aromatic N) is 7. The van der Waals surface area contributed by atoms with Crippen LogP contribution in [-0.4, -0.2) is 63.3 Å². The Hall–Kier alpha value is -4.39. The summed E-state index contributed by atoms with van der Waals surface area (Å²) in [7, 11) is 1.56. The number of fused-ring (bicyclic) bond motifs is 3. The second kappa shape index (κ2) is 11.0. The number of anilines is 3. The lowest BCUT2D eigenvalue weighted by Gasteiger charge is -2.39. The minimum absolute atomic E-state index is 0.0736. The number of aryl methyl sites for hydroxylation is 1. The first-order chi connectivity index (χ1) is 20.8. The standard InChI is InChI=1S/C30H29ClF3N7O3/c1-4-25(42)39-9-8-38-14-20(36-24(38)16-39)15-40-13-18-11-26(43)41(23-12-19(30(32,33)34)10-17(2)35-23)27(18)29(44)37(3)22-7-5-6-21(31)28(22)40/h4-7,10,12,14,18,27H,1,8-9,11,13,15-16H2,2-3H3/t18-,27+/m1/s1. The number of carbonyl (C=O) groups is 3. The van der Waals surface area contributed by atoms with Gasteiger partial charge in [0.15, 0.2) is 0 Å². The number of para-hydroxylation sites is 1. The van der Waals surface area contributed by atoms with E-state index in [-0.39, 0.29) is 36.9 Å². The third-order valence-corrected chi connectivity index (χ3v) is 8.62. The number of aromatic nitrogens is 3. The van der Waals surface area contributed by atoms with Crippen molar-refractivity contribution < 1.29 is 27.6 Å². The number of benzene rings is 1. The Kier molecular flexibility index (Phi) is 7.39. The molecule has 0 radical (unpaired) electrons. The Bertz CT molecular complexity index is 1690. The van der Waals surface area contributed by atoms with Crippen LogP contribution in [0, 0.1) is 12.8 Å². The van der Waals surface area contributed by atoms with Gasteiger partial charge in [-0.3, -0.25) is 19.3 Å². The smallest absolute Gasteiger partial charge is 0.362 e. The maximum absolute atomic E-state index is 14.0. The molecule has 0 spiro atoms. The molecule has 230 valence electrons. The Morgan fingerprint density at radius 1 is 1.18 bits per heavy atom. The predicted octanol–water partition coefficient (Wildman–Crippen LogP) is 4.19. The summed E-state index contributed by atoms with van der Waals surface area (Å²) in [5, 5.41) is 0.392. The summed E-state index contributed by atoms with van der Waals surface area (Å²) < 4.78 is 43.1. The highest BCUT2D eigenvalue weighted by Crippen LogP contribution is 2.43. The summed E-state index contributed by atoms with van der Waals surface area (Å²) in [4.78, 5) is 54.8. The van der Waals surface area contributed by atoms with Gasteiger partial charge in [-0.25, -0.2) is 9.97 Å². The number of hydrogen-bond acceptors (Lipinski definition) is 6. The molecule has 1 saturated heterocycles. The van der Waals surface area contributed by atoms with Crippen molar-refractivity contribution in [3.05, 3.63) is 77.0 Å². The van der Waals surface area contributed by atoms with Gasteiger partial charge < -0.3 is 19.3 Å². The Balaban J connectivity index is 1.39. The molecule has 44 heavy (non-hydrogen) atoms. The molecule has 1 aromatic carbocycles. The van der Waals surface area contributed by atoms with Gasteiger partial charge in [0.2, 0.25) is 17.7 Å². The molecule has 0 unspecified atom stereocenters. The van der Waals surface area contributed by atoms with Crippen molar-refractivity contribution in [2.75, 3.05) is 34.8 Å². The van der Waals surface area contributed by atoms with Crippen LogP contribution >= 0.6 is 11.6 Å². The minimum Gasteiger partial charge on any atom is -0.362 e. The summed E-state index contributed by atoms with van der Waals surface area (Å²) >= 11 is 6.73. The highest BCUT2D eigenvalue weighted by Gasteiger charge is 2.49. The highest BCUT2D eigenvalue weighted by atomic mass is 35.5. The summed E-state index contributed by atoms with van der Waals surface area (Å²) in [6, 6.07) is 5.78. The maximum atomic E-state index is 14.0. The van der Waals surface area contributed by atoms with E-state index in [0.29, 0.717) is 47.6 Å². The van der Waals surface area contributed by atoms with Gasteiger partial charge in [-0.15, -0.1) is 0 Å². The quantitative estimate of drug-likeness (QED) is 0.403. The average Bonchev–Trinajstić information content (AvgIpc) is 3.53. The van der Waals surface area contributed by atoms with Crippen molar-refractivity contribution in [1.29, 1.82) is 0 Å². The molecule has 2 atom stereocenters. The lowest BCUT2D eigenvalue weighted by atomic mass is 9.95. The molecule has 0 aliphatic carbocycles. The fourth-order valence-electron chi connectivity index (χ4n) is 6.31. The highest BCUT2D eigenvalue weighted by molar-refractivity contribution is 6.34. The molecule has 3 amide bonds. The number of alkyl halides is 3. The van der Waals surface area contributed by atoms with Crippen molar-refractivity contribution >= 4 is 46.5 Å². The van der Waals surface area contributed by atoms with Crippen molar-refractivity contribution in [3.8, 4) is 0 Å². The topological polar surface area (TPSA) is 94.9 Å². The van der Waals surface area contributed by atoms with Crippen molar-refractivity contribution in [1.82, 2.24) is 19.4 Å². The molecule has 3 aromatic rings. The van der Waals surface area contributed by atoms with Gasteiger partial charge in [0.05, 0.1) is 40.7 Å². The van der Waals surface area contributed by atoms with Crippen LogP contribution in [-0.2, 0) is 40.2 Å². The maximum Gasteiger partial charge on any atom is 0.416 e. The molecule has 3 aliphatic rings. The minimum atomic E-state index is -4.65. The van der Waals surface area contributed by atoms with Crippen LogP contribution in [0.3, 0.4) is 0 Å². The van der Waals surface area contributed by atoms with E-state index < -0.39 is 35.5 Å². The normalized spacial score (nSPS) is 20.2. The van der Waals surface area contributed by atoms with Crippen LogP contribution in [0.15, 0.2) is 49.2 Å². The molecule has 3 aliphatic heterocycles. The van der Waals surface area contributed by atoms with Gasteiger partial charge in [-0.1, -0.05) is 24.2 Å². The average molecular weight is 628 g/mol. The van der Waals surface area contributed by atoms with E-state index in [1.807, 2.05) is 15.7 Å². The monoisotopic (exact) mass is 627 g/mol. The Labute approximate surface area is 256 Å². The molecule has 5 heterocycles. The molecule has 1 fully saturated rings. The van der Waals surface area contributed by atoms with Gasteiger partial charge >= 0.3 is 6.18 Å². The molecule has 6 rings (SSSR count). The third kappa shape index (κ3) is 5.18. The van der Waals surface area contributed by atoms with Crippen LogP contribution in [0.4, 0.5) is 30.4 Å². The molecule has 0 saturated carbocycles. The van der Waals surface area contributed by atoms with Crippen LogP contribution in [0.1, 0.15) is 29.2 Å². The first-order valence-electron chi connectivity index (χ1n) is 14.0. The van der Waals surface area contributed by atoms with Crippen LogP contribution in [0.2, 0.25) is 5.02 Å². The number of imidazole rings is 1. The molecule has 10 nitrogen and oxygen atoms in total. The fraction of sp³-hybridized carbons (Fsp3) is 0.367. The van der Waals surface area contributed by atoms with E-state index in [0.717, 1.165) is 17.0 Å². The summed E-state index contributed by atoms with van der Waals surface area (Å²) in [5.41, 5.74) is 0.894. The summed E-state index contributed by atoms with van der Waals surface area (Å²) in [5.74, 6) is -1.21. The van der Waals surface area contributed by atoms with E-state index in [2.05, 4.69) is 11.6 Å². The van der Waals surface area contributed by atoms with E-state index in [1.165, 1.54) is 17.9 Å². The number of hydrogen-bond donors (Lipinski definition) is 0. The van der Waals surface area contributed by atoms with E-state index >= 15 is 0 Å². The first-order valence-corrected chi connectivity index (χ1v) is 14.4. The third-order valence-electron chi connectivity index (χ3n) is 8.32. The lowest BCUT2D eigenvalue weighted by Crippen LogP contribution is -2.52. The van der Waals surface area contributed by atoms with Gasteiger partial charge in [-0.2, -0.15) is 13.2 Å². The fourth-order valence-corrected chi connectivity index (χ4v) is 6.60. The summed E-state index contributed by atoms with van der Waals surface area (Å²) in [6.45, 7) is 6.86. The zero-order chi connectivity index (χ0) is 31.5. The molecule has 14 heteroatoms. The van der Waals surface area contributed by atoms with Gasteiger partial charge in [-0.05, 0) is 37.3 Å². The van der Waals surface area contributed by atoms with Crippen LogP contribution in [0.25, 0.3) is 0 Å². The predicted molar refractivity (Wildman–Crippen MR) is 157 cm³/mol. The zero-order valence-electron chi connectivity index (χ0n) is 24.0. The summed E-state index contributed by atoms with van der Waals surface area (Å²) in [6.07, 6.45) is -1.54. The number of carbonyl (C=O) groups excluding carboxylic acids is 3. The lowest BCUT2D eigenvalue weighted by molar-refractivity contribution is -0.137. The van der Waals surface area contributed by atoms with Crippen LogP contribution < -0.4 is 14.7 Å². The van der Waals surface area contributed by atoms with Crippen molar-refractivity contribution in [3.63, 3.8) is 0 Å². The van der Waals surface area contributed by atoms with Gasteiger partial charge in [0, 0.05) is 50.9 Å².